The van der Waals surface area contributed by atoms with Crippen LogP contribution in [0.15, 0.2) is 30.3 Å². The van der Waals surface area contributed by atoms with Crippen molar-refractivity contribution in [2.24, 2.45) is 0 Å². The second-order valence-corrected chi connectivity index (χ2v) is 5.23. The molecule has 0 aliphatic carbocycles. The summed E-state index contributed by atoms with van der Waals surface area (Å²) in [6.07, 6.45) is 2.05. The van der Waals surface area contributed by atoms with Crippen molar-refractivity contribution in [3.05, 3.63) is 30.3 Å². The highest BCUT2D eigenvalue weighted by atomic mass is 32.2. The minimum absolute atomic E-state index is 0.0763. The van der Waals surface area contributed by atoms with E-state index >= 15 is 0 Å². The molecule has 0 aliphatic rings. The highest BCUT2D eigenvalue weighted by molar-refractivity contribution is 8.23. The summed E-state index contributed by atoms with van der Waals surface area (Å²) in [5, 5.41) is 2.79. The molecule has 98 valence electrons. The van der Waals surface area contributed by atoms with Gasteiger partial charge in [0.2, 0.25) is 10.3 Å². The van der Waals surface area contributed by atoms with E-state index in [1.807, 2.05) is 30.3 Å². The first-order chi connectivity index (χ1) is 8.72. The molecule has 0 saturated carbocycles. The van der Waals surface area contributed by atoms with E-state index in [2.05, 4.69) is 12.2 Å². The molecule has 0 aromatic heterocycles. The summed E-state index contributed by atoms with van der Waals surface area (Å²) in [6, 6.07) is 9.35. The average molecular weight is 283 g/mol. The minimum atomic E-state index is -0.0763. The number of rotatable bonds is 6. The number of carbonyl (C=O) groups excluding carboxylic acids is 1. The third kappa shape index (κ3) is 6.61. The quantitative estimate of drug-likeness (QED) is 0.641. The average Bonchev–Trinajstić information content (AvgIpc) is 2.38. The molecule has 1 aromatic carbocycles. The van der Waals surface area contributed by atoms with Crippen LogP contribution in [0.3, 0.4) is 0 Å². The second kappa shape index (κ2) is 8.94. The van der Waals surface area contributed by atoms with E-state index in [1.165, 1.54) is 11.8 Å². The molecule has 0 bridgehead atoms. The van der Waals surface area contributed by atoms with Crippen molar-refractivity contribution in [3.63, 3.8) is 0 Å². The molecule has 1 rings (SSSR count). The fourth-order valence-electron chi connectivity index (χ4n) is 1.18. The zero-order chi connectivity index (χ0) is 13.2. The number of carbonyl (C=O) groups is 1. The van der Waals surface area contributed by atoms with E-state index in [0.717, 1.165) is 18.5 Å². The lowest BCUT2D eigenvalue weighted by Crippen LogP contribution is -2.15. The molecule has 0 heterocycles. The molecule has 0 unspecified atom stereocenters. The summed E-state index contributed by atoms with van der Waals surface area (Å²) in [5.41, 5.74) is 0.793. The van der Waals surface area contributed by atoms with Gasteiger partial charge in [0.15, 0.2) is 0 Å². The van der Waals surface area contributed by atoms with Crippen molar-refractivity contribution in [3.8, 4) is 0 Å². The molecule has 3 nitrogen and oxygen atoms in total. The molecule has 0 aliphatic heterocycles. The van der Waals surface area contributed by atoms with E-state index in [0.29, 0.717) is 11.0 Å². The number of benzene rings is 1. The van der Waals surface area contributed by atoms with Gasteiger partial charge in [-0.25, -0.2) is 0 Å². The van der Waals surface area contributed by atoms with Gasteiger partial charge in [0.05, 0.1) is 12.4 Å². The Morgan fingerprint density at radius 3 is 2.78 bits per heavy atom. The Kier molecular flexibility index (Phi) is 7.44. The van der Waals surface area contributed by atoms with Crippen LogP contribution in [0.1, 0.15) is 19.8 Å². The van der Waals surface area contributed by atoms with Crippen molar-refractivity contribution >= 4 is 40.0 Å². The SMILES string of the molecule is CCCCOC(=S)SCC(=O)Nc1ccccc1. The largest absolute Gasteiger partial charge is 0.479 e. The van der Waals surface area contributed by atoms with Crippen LogP contribution in [0.5, 0.6) is 0 Å². The van der Waals surface area contributed by atoms with E-state index in [-0.39, 0.29) is 11.7 Å². The number of nitrogens with one attached hydrogen (secondary N) is 1. The standard InChI is InChI=1S/C13H17NO2S2/c1-2-3-9-16-13(17)18-10-12(15)14-11-7-5-4-6-8-11/h4-8H,2-3,9-10H2,1H3,(H,14,15). The zero-order valence-electron chi connectivity index (χ0n) is 10.3. The molecule has 1 N–H and O–H groups in total. The lowest BCUT2D eigenvalue weighted by Gasteiger charge is -2.07. The molecule has 5 heteroatoms. The van der Waals surface area contributed by atoms with Crippen molar-refractivity contribution in [2.75, 3.05) is 17.7 Å². The third-order valence-electron chi connectivity index (χ3n) is 2.10. The van der Waals surface area contributed by atoms with Gasteiger partial charge in [-0.05, 0) is 30.8 Å². The highest BCUT2D eigenvalue weighted by Crippen LogP contribution is 2.09. The van der Waals surface area contributed by atoms with Gasteiger partial charge in [0.1, 0.15) is 0 Å². The fourth-order valence-corrected chi connectivity index (χ4v) is 1.93. The van der Waals surface area contributed by atoms with Gasteiger partial charge in [-0.2, -0.15) is 0 Å². The molecule has 0 atom stereocenters. The van der Waals surface area contributed by atoms with Gasteiger partial charge in [-0.15, -0.1) is 0 Å². The van der Waals surface area contributed by atoms with Crippen molar-refractivity contribution in [1.82, 2.24) is 0 Å². The van der Waals surface area contributed by atoms with Gasteiger partial charge < -0.3 is 10.1 Å². The minimum Gasteiger partial charge on any atom is -0.479 e. The molecule has 0 radical (unpaired) electrons. The molecular formula is C13H17NO2S2. The van der Waals surface area contributed by atoms with E-state index in [9.17, 15) is 4.79 Å². The van der Waals surface area contributed by atoms with Crippen molar-refractivity contribution in [2.45, 2.75) is 19.8 Å². The first kappa shape index (κ1) is 15.0. The lowest BCUT2D eigenvalue weighted by atomic mass is 10.3. The monoisotopic (exact) mass is 283 g/mol. The van der Waals surface area contributed by atoms with E-state index < -0.39 is 0 Å². The van der Waals surface area contributed by atoms with Crippen molar-refractivity contribution < 1.29 is 9.53 Å². The maximum absolute atomic E-state index is 11.6. The Balaban J connectivity index is 2.19. The van der Waals surface area contributed by atoms with Gasteiger partial charge in [0.25, 0.3) is 0 Å². The van der Waals surface area contributed by atoms with E-state index in [4.69, 9.17) is 17.0 Å². The number of thioether (sulfide) groups is 1. The van der Waals surface area contributed by atoms with Crippen LogP contribution in [0.25, 0.3) is 0 Å². The summed E-state index contributed by atoms with van der Waals surface area (Å²) in [6.45, 7) is 2.72. The molecule has 18 heavy (non-hydrogen) atoms. The number of ether oxygens (including phenoxy) is 1. The smallest absolute Gasteiger partial charge is 0.234 e. The Morgan fingerprint density at radius 2 is 2.11 bits per heavy atom. The van der Waals surface area contributed by atoms with Crippen LogP contribution in [0.2, 0.25) is 0 Å². The Hall–Kier alpha value is -1.07. The first-order valence-corrected chi connectivity index (χ1v) is 7.26. The first-order valence-electron chi connectivity index (χ1n) is 5.87. The maximum atomic E-state index is 11.6. The molecule has 0 spiro atoms. The Bertz CT molecular complexity index is 382. The Labute approximate surface area is 117 Å². The van der Waals surface area contributed by atoms with Gasteiger partial charge in [-0.1, -0.05) is 43.3 Å². The van der Waals surface area contributed by atoms with Gasteiger partial charge in [-0.3, -0.25) is 4.79 Å². The number of anilines is 1. The van der Waals surface area contributed by atoms with Crippen LogP contribution in [0, 0.1) is 0 Å². The van der Waals surface area contributed by atoms with Gasteiger partial charge >= 0.3 is 0 Å². The molecule has 1 amide bonds. The van der Waals surface area contributed by atoms with Gasteiger partial charge in [0, 0.05) is 5.69 Å². The maximum Gasteiger partial charge on any atom is 0.234 e. The van der Waals surface area contributed by atoms with Crippen molar-refractivity contribution in [1.29, 1.82) is 0 Å². The third-order valence-corrected chi connectivity index (χ3v) is 3.33. The fraction of sp³-hybridized carbons (Fsp3) is 0.385. The number of hydrogen-bond acceptors (Lipinski definition) is 4. The number of para-hydroxylation sites is 1. The highest BCUT2D eigenvalue weighted by Gasteiger charge is 2.05. The predicted octanol–water partition coefficient (Wildman–Crippen LogP) is 3.46. The van der Waals surface area contributed by atoms with Crippen LogP contribution < -0.4 is 5.32 Å². The van der Waals surface area contributed by atoms with Crippen LogP contribution >= 0.6 is 24.0 Å². The number of thiocarbonyl (C=S) groups is 1. The summed E-state index contributed by atoms with van der Waals surface area (Å²) in [7, 11) is 0. The second-order valence-electron chi connectivity index (χ2n) is 3.65. The summed E-state index contributed by atoms with van der Waals surface area (Å²) >= 11 is 6.26. The predicted molar refractivity (Wildman–Crippen MR) is 81.0 cm³/mol. The number of unbranched alkanes of at least 4 members (excludes halogenated alkanes) is 1. The number of hydrogen-bond donors (Lipinski definition) is 1. The van der Waals surface area contributed by atoms with Crippen LogP contribution in [0.4, 0.5) is 5.69 Å². The molecule has 0 saturated heterocycles. The lowest BCUT2D eigenvalue weighted by molar-refractivity contribution is -0.113. The van der Waals surface area contributed by atoms with Crippen LogP contribution in [-0.2, 0) is 9.53 Å². The summed E-state index contributed by atoms with van der Waals surface area (Å²) in [5.74, 6) is 0.201. The number of amides is 1. The molecular weight excluding hydrogens is 266 g/mol. The normalized spacial score (nSPS) is 9.83. The summed E-state index contributed by atoms with van der Waals surface area (Å²) < 4.78 is 5.73. The Morgan fingerprint density at radius 1 is 1.39 bits per heavy atom. The molecule has 1 aromatic rings. The van der Waals surface area contributed by atoms with E-state index in [1.54, 1.807) is 0 Å². The molecule has 0 fully saturated rings. The van der Waals surface area contributed by atoms with Crippen LogP contribution in [-0.4, -0.2) is 22.6 Å². The summed E-state index contributed by atoms with van der Waals surface area (Å²) in [4.78, 5) is 11.6. The topological polar surface area (TPSA) is 38.3 Å². The zero-order valence-corrected chi connectivity index (χ0v) is 12.0.